The Bertz CT molecular complexity index is 1590. The summed E-state index contributed by atoms with van der Waals surface area (Å²) in [5.74, 6) is 0. The van der Waals surface area contributed by atoms with Crippen LogP contribution in [0.2, 0.25) is 0 Å². The maximum absolute atomic E-state index is 2.45. The lowest BCUT2D eigenvalue weighted by molar-refractivity contribution is 1.28. The molecule has 0 amide bonds. The molecule has 0 aliphatic carbocycles. The van der Waals surface area contributed by atoms with Gasteiger partial charge >= 0.3 is 6.98 Å². The van der Waals surface area contributed by atoms with Gasteiger partial charge in [0.1, 0.15) is 0 Å². The highest BCUT2D eigenvalue weighted by Gasteiger charge is 2.43. The Morgan fingerprint density at radius 2 is 0.700 bits per heavy atom. The highest BCUT2D eigenvalue weighted by atomic mass is 15.3. The number of rotatable bonds is 6. The first-order valence-electron chi connectivity index (χ1n) is 13.7. The number of fused-ring (bicyclic) bond motifs is 1. The summed E-state index contributed by atoms with van der Waals surface area (Å²) in [5.41, 5.74) is 9.32. The van der Waals surface area contributed by atoms with E-state index in [-0.39, 0.29) is 6.98 Å². The van der Waals surface area contributed by atoms with Gasteiger partial charge < -0.3 is 14.5 Å². The second kappa shape index (κ2) is 10.5. The number of para-hydroxylation sites is 6. The molecule has 0 saturated carbocycles. The van der Waals surface area contributed by atoms with E-state index in [1.165, 1.54) is 16.8 Å². The van der Waals surface area contributed by atoms with Crippen LogP contribution in [0, 0.1) is 0 Å². The van der Waals surface area contributed by atoms with Crippen molar-refractivity contribution in [3.05, 3.63) is 170 Å². The summed E-state index contributed by atoms with van der Waals surface area (Å²) in [6, 6.07) is 60.2. The van der Waals surface area contributed by atoms with Crippen LogP contribution >= 0.6 is 0 Å². The number of hydrogen-bond acceptors (Lipinski definition) is 3. The zero-order valence-electron chi connectivity index (χ0n) is 22.1. The minimum atomic E-state index is -0.0434. The van der Waals surface area contributed by atoms with Crippen LogP contribution in [0.4, 0.5) is 39.8 Å². The molecule has 0 unspecified atom stereocenters. The van der Waals surface area contributed by atoms with E-state index in [9.17, 15) is 0 Å². The van der Waals surface area contributed by atoms with Crippen molar-refractivity contribution in [1.29, 1.82) is 0 Å². The maximum Gasteiger partial charge on any atom is 0.420 e. The molecule has 4 heteroatoms. The first-order chi connectivity index (χ1) is 19.9. The normalized spacial score (nSPS) is 12.3. The van der Waals surface area contributed by atoms with E-state index >= 15 is 0 Å². The lowest BCUT2D eigenvalue weighted by atomic mass is 9.64. The molecule has 3 nitrogen and oxygen atoms in total. The van der Waals surface area contributed by atoms with Crippen molar-refractivity contribution in [2.24, 2.45) is 0 Å². The fraction of sp³-hybridized carbons (Fsp3) is 0. The largest absolute Gasteiger partial charge is 0.420 e. The average Bonchev–Trinajstić information content (AvgIpc) is 3.39. The molecule has 190 valence electrons. The molecule has 40 heavy (non-hydrogen) atoms. The Hall–Kier alpha value is -5.22. The number of anilines is 7. The van der Waals surface area contributed by atoms with Crippen molar-refractivity contribution < 1.29 is 0 Å². The average molecular weight is 513 g/mol. The van der Waals surface area contributed by atoms with Gasteiger partial charge in [0.2, 0.25) is 0 Å². The summed E-state index contributed by atoms with van der Waals surface area (Å²) in [6.07, 6.45) is 0. The van der Waals surface area contributed by atoms with Crippen LogP contribution in [-0.4, -0.2) is 6.98 Å². The smallest absolute Gasteiger partial charge is 0.360 e. The van der Waals surface area contributed by atoms with Crippen LogP contribution < -0.4 is 20.0 Å². The van der Waals surface area contributed by atoms with E-state index in [4.69, 9.17) is 0 Å². The van der Waals surface area contributed by atoms with Crippen LogP contribution in [0.3, 0.4) is 0 Å². The Kier molecular flexibility index (Phi) is 6.27. The Labute approximate surface area is 236 Å². The van der Waals surface area contributed by atoms with Crippen LogP contribution in [0.15, 0.2) is 170 Å². The SMILES string of the molecule is c1ccc(N2B(c3ccc(N(c4ccccc4)c4ccccc4)cc3)N(c3ccccc3)c3ccccc32)cc1. The van der Waals surface area contributed by atoms with Crippen molar-refractivity contribution in [1.82, 2.24) is 0 Å². The number of hydrogen-bond donors (Lipinski definition) is 0. The highest BCUT2D eigenvalue weighted by Crippen LogP contribution is 2.46. The molecular weight excluding hydrogens is 485 g/mol. The quantitative estimate of drug-likeness (QED) is 0.206. The second-order valence-electron chi connectivity index (χ2n) is 9.87. The van der Waals surface area contributed by atoms with Gasteiger partial charge in [0.25, 0.3) is 0 Å². The second-order valence-corrected chi connectivity index (χ2v) is 9.87. The van der Waals surface area contributed by atoms with Crippen LogP contribution in [0.1, 0.15) is 0 Å². The molecule has 7 rings (SSSR count). The van der Waals surface area contributed by atoms with Crippen molar-refractivity contribution in [2.75, 3.05) is 14.5 Å². The molecule has 0 radical (unpaired) electrons. The molecule has 1 aliphatic heterocycles. The van der Waals surface area contributed by atoms with Gasteiger partial charge in [-0.05, 0) is 78.3 Å². The molecule has 0 atom stereocenters. The number of benzene rings is 6. The molecule has 0 aromatic heterocycles. The van der Waals surface area contributed by atoms with Gasteiger partial charge in [0, 0.05) is 28.4 Å². The van der Waals surface area contributed by atoms with Gasteiger partial charge in [-0.3, -0.25) is 0 Å². The standard InChI is InChI=1S/C36H28BN3/c1-5-15-30(16-6-1)38(31-17-7-2-8-18-31)32-27-25-29(26-28-32)37-39(33-19-9-3-10-20-33)35-23-13-14-24-36(35)40(37)34-21-11-4-12-22-34/h1-28H. The summed E-state index contributed by atoms with van der Waals surface area (Å²) < 4.78 is 0. The molecule has 6 aromatic rings. The van der Waals surface area contributed by atoms with E-state index in [0.29, 0.717) is 0 Å². The third-order valence-corrected chi connectivity index (χ3v) is 7.44. The van der Waals surface area contributed by atoms with E-state index in [1.807, 2.05) is 0 Å². The maximum atomic E-state index is 2.45. The summed E-state index contributed by atoms with van der Waals surface area (Å²) in [4.78, 5) is 7.20. The topological polar surface area (TPSA) is 9.72 Å². The first kappa shape index (κ1) is 23.9. The van der Waals surface area contributed by atoms with Gasteiger partial charge in [0.15, 0.2) is 0 Å². The molecule has 6 aromatic carbocycles. The fourth-order valence-electron chi connectivity index (χ4n) is 5.68. The third-order valence-electron chi connectivity index (χ3n) is 7.44. The van der Waals surface area contributed by atoms with Crippen molar-refractivity contribution in [3.8, 4) is 0 Å². The monoisotopic (exact) mass is 513 g/mol. The predicted octanol–water partition coefficient (Wildman–Crippen LogP) is 8.84. The van der Waals surface area contributed by atoms with Crippen LogP contribution in [0.5, 0.6) is 0 Å². The molecular formula is C36H28BN3. The first-order valence-corrected chi connectivity index (χ1v) is 13.7. The van der Waals surface area contributed by atoms with E-state index in [2.05, 4.69) is 184 Å². The molecule has 0 saturated heterocycles. The van der Waals surface area contributed by atoms with Crippen molar-refractivity contribution in [3.63, 3.8) is 0 Å². The lowest BCUT2D eigenvalue weighted by Gasteiger charge is -2.31. The Balaban J connectivity index is 1.36. The van der Waals surface area contributed by atoms with Gasteiger partial charge in [-0.15, -0.1) is 0 Å². The molecule has 0 spiro atoms. The van der Waals surface area contributed by atoms with Crippen molar-refractivity contribution in [2.45, 2.75) is 0 Å². The summed E-state index contributed by atoms with van der Waals surface area (Å²) in [7, 11) is 0. The predicted molar refractivity (Wildman–Crippen MR) is 170 cm³/mol. The summed E-state index contributed by atoms with van der Waals surface area (Å²) in [5, 5.41) is 0. The fourth-order valence-corrected chi connectivity index (χ4v) is 5.68. The summed E-state index contributed by atoms with van der Waals surface area (Å²) >= 11 is 0. The Morgan fingerprint density at radius 1 is 0.350 bits per heavy atom. The van der Waals surface area contributed by atoms with Gasteiger partial charge in [-0.2, -0.15) is 0 Å². The van der Waals surface area contributed by atoms with Crippen LogP contribution in [-0.2, 0) is 0 Å². The van der Waals surface area contributed by atoms with Gasteiger partial charge in [-0.25, -0.2) is 0 Å². The van der Waals surface area contributed by atoms with E-state index in [0.717, 1.165) is 28.4 Å². The third kappa shape index (κ3) is 4.30. The minimum absolute atomic E-state index is 0.0434. The summed E-state index contributed by atoms with van der Waals surface area (Å²) in [6.45, 7) is -0.0434. The molecule has 0 fully saturated rings. The number of nitrogens with zero attached hydrogens (tertiary/aromatic N) is 3. The van der Waals surface area contributed by atoms with E-state index < -0.39 is 0 Å². The van der Waals surface area contributed by atoms with Crippen molar-refractivity contribution >= 4 is 52.3 Å². The molecule has 1 aliphatic rings. The lowest BCUT2D eigenvalue weighted by Crippen LogP contribution is -2.53. The van der Waals surface area contributed by atoms with E-state index in [1.54, 1.807) is 0 Å². The zero-order chi connectivity index (χ0) is 26.7. The van der Waals surface area contributed by atoms with Crippen LogP contribution in [0.25, 0.3) is 0 Å². The molecule has 0 N–H and O–H groups in total. The Morgan fingerprint density at radius 3 is 1.12 bits per heavy atom. The van der Waals surface area contributed by atoms with Gasteiger partial charge in [0.05, 0.1) is 11.4 Å². The molecule has 1 heterocycles. The minimum Gasteiger partial charge on any atom is -0.360 e. The molecule has 0 bridgehead atoms. The van der Waals surface area contributed by atoms with Gasteiger partial charge in [-0.1, -0.05) is 97.1 Å². The highest BCUT2D eigenvalue weighted by molar-refractivity contribution is 6.84. The zero-order valence-corrected chi connectivity index (χ0v) is 22.1.